The Morgan fingerprint density at radius 2 is 2.19 bits per heavy atom. The van der Waals surface area contributed by atoms with Gasteiger partial charge >= 0.3 is 0 Å². The molecule has 138 valence electrons. The number of aromatic nitrogens is 1. The summed E-state index contributed by atoms with van der Waals surface area (Å²) in [5.41, 5.74) is 4.48. The van der Waals surface area contributed by atoms with Gasteiger partial charge in [-0.3, -0.25) is 9.69 Å². The smallest absolute Gasteiger partial charge is 0.255 e. The van der Waals surface area contributed by atoms with Gasteiger partial charge in [0.25, 0.3) is 5.91 Å². The number of nitrogens with one attached hydrogen (secondary N) is 1. The fraction of sp³-hybridized carbons (Fsp3) is 0.500. The summed E-state index contributed by atoms with van der Waals surface area (Å²) in [6.07, 6.45) is 4.04. The Morgan fingerprint density at radius 1 is 1.38 bits per heavy atom. The molecule has 0 radical (unpaired) electrons. The number of rotatable bonds is 3. The van der Waals surface area contributed by atoms with Crippen molar-refractivity contribution in [3.8, 4) is 5.75 Å². The molecule has 0 atom stereocenters. The lowest BCUT2D eigenvalue weighted by Gasteiger charge is -2.42. The molecular weight excluding hydrogens is 346 g/mol. The minimum Gasteiger partial charge on any atom is -0.485 e. The van der Waals surface area contributed by atoms with Gasteiger partial charge in [0, 0.05) is 18.0 Å². The van der Waals surface area contributed by atoms with E-state index >= 15 is 0 Å². The van der Waals surface area contributed by atoms with Gasteiger partial charge in [-0.2, -0.15) is 0 Å². The summed E-state index contributed by atoms with van der Waals surface area (Å²) in [5, 5.41) is 5.20. The van der Waals surface area contributed by atoms with E-state index in [2.05, 4.69) is 27.6 Å². The lowest BCUT2D eigenvalue weighted by molar-refractivity contribution is 0.00870. The largest absolute Gasteiger partial charge is 0.485 e. The molecule has 6 heteroatoms. The van der Waals surface area contributed by atoms with Crippen LogP contribution in [-0.2, 0) is 6.54 Å². The third-order valence-electron chi connectivity index (χ3n) is 5.66. The zero-order valence-electron chi connectivity index (χ0n) is 15.3. The van der Waals surface area contributed by atoms with Crippen LogP contribution in [0.5, 0.6) is 5.75 Å². The number of carbonyl (C=O) groups excluding carboxylic acids is 1. The van der Waals surface area contributed by atoms with Crippen LogP contribution in [-0.4, -0.2) is 41.0 Å². The van der Waals surface area contributed by atoms with Gasteiger partial charge in [0.15, 0.2) is 0 Å². The SMILES string of the molecule is Cc1ccc2c(c1)C(=O)NCC1(CCC(N(C)Cc3cscn3)CC1)O2. The highest BCUT2D eigenvalue weighted by Gasteiger charge is 2.41. The molecule has 1 aliphatic heterocycles. The highest BCUT2D eigenvalue weighted by atomic mass is 32.1. The Kier molecular flexibility index (Phi) is 4.71. The molecule has 5 nitrogen and oxygen atoms in total. The molecule has 0 saturated heterocycles. The van der Waals surface area contributed by atoms with Gasteiger partial charge in [-0.1, -0.05) is 11.6 Å². The lowest BCUT2D eigenvalue weighted by Crippen LogP contribution is -2.50. The summed E-state index contributed by atoms with van der Waals surface area (Å²) in [5.74, 6) is 0.697. The van der Waals surface area contributed by atoms with E-state index < -0.39 is 0 Å². The standard InChI is InChI=1S/C20H25N3O2S/c1-14-3-4-18-17(9-14)19(24)21-12-20(25-18)7-5-16(6-8-20)23(2)10-15-11-26-13-22-15/h3-4,9,11,13,16H,5-8,10,12H2,1-2H3,(H,21,24). The van der Waals surface area contributed by atoms with Crippen LogP contribution in [0.3, 0.4) is 0 Å². The van der Waals surface area contributed by atoms with E-state index in [1.54, 1.807) is 11.3 Å². The molecule has 1 aromatic heterocycles. The molecule has 1 aliphatic carbocycles. The van der Waals surface area contributed by atoms with E-state index in [1.807, 2.05) is 30.6 Å². The van der Waals surface area contributed by atoms with Crippen molar-refractivity contribution >= 4 is 17.2 Å². The average molecular weight is 372 g/mol. The molecule has 26 heavy (non-hydrogen) atoms. The number of thiazole rings is 1. The molecular formula is C20H25N3O2S. The van der Waals surface area contributed by atoms with Crippen molar-refractivity contribution in [2.45, 2.75) is 50.8 Å². The summed E-state index contributed by atoms with van der Waals surface area (Å²) < 4.78 is 6.43. The molecule has 1 N–H and O–H groups in total. The number of aryl methyl sites for hydroxylation is 1. The highest BCUT2D eigenvalue weighted by molar-refractivity contribution is 7.07. The Morgan fingerprint density at radius 3 is 2.92 bits per heavy atom. The number of hydrogen-bond acceptors (Lipinski definition) is 5. The lowest BCUT2D eigenvalue weighted by atomic mass is 9.81. The third kappa shape index (κ3) is 3.48. The van der Waals surface area contributed by atoms with Crippen molar-refractivity contribution in [3.05, 3.63) is 45.9 Å². The maximum absolute atomic E-state index is 12.4. The molecule has 1 fully saturated rings. The molecule has 0 unspecified atom stereocenters. The average Bonchev–Trinajstić information content (AvgIpc) is 3.10. The topological polar surface area (TPSA) is 54.5 Å². The van der Waals surface area contributed by atoms with Crippen LogP contribution in [0.4, 0.5) is 0 Å². The predicted molar refractivity (Wildman–Crippen MR) is 103 cm³/mol. The number of nitrogens with zero attached hydrogens (tertiary/aromatic N) is 2. The molecule has 2 heterocycles. The molecule has 4 rings (SSSR count). The molecule has 1 amide bonds. The van der Waals surface area contributed by atoms with E-state index in [-0.39, 0.29) is 11.5 Å². The number of hydrogen-bond donors (Lipinski definition) is 1. The van der Waals surface area contributed by atoms with Gasteiger partial charge in [0.2, 0.25) is 0 Å². The molecule has 1 spiro atoms. The summed E-state index contributed by atoms with van der Waals surface area (Å²) in [6.45, 7) is 3.47. The molecule has 2 aromatic rings. The van der Waals surface area contributed by atoms with Crippen LogP contribution >= 0.6 is 11.3 Å². The third-order valence-corrected chi connectivity index (χ3v) is 6.30. The number of ether oxygens (including phenoxy) is 1. The van der Waals surface area contributed by atoms with Crippen LogP contribution in [0.25, 0.3) is 0 Å². The molecule has 1 aromatic carbocycles. The van der Waals surface area contributed by atoms with Crippen molar-refractivity contribution in [1.29, 1.82) is 0 Å². The van der Waals surface area contributed by atoms with Gasteiger partial charge < -0.3 is 10.1 Å². The Hall–Kier alpha value is -1.92. The predicted octanol–water partition coefficient (Wildman–Crippen LogP) is 3.39. The van der Waals surface area contributed by atoms with Crippen LogP contribution in [0.1, 0.15) is 47.3 Å². The van der Waals surface area contributed by atoms with E-state index in [0.29, 0.717) is 18.2 Å². The first kappa shape index (κ1) is 17.5. The zero-order chi connectivity index (χ0) is 18.1. The number of fused-ring (bicyclic) bond motifs is 1. The van der Waals surface area contributed by atoms with Crippen LogP contribution in [0, 0.1) is 6.92 Å². The van der Waals surface area contributed by atoms with Gasteiger partial charge in [-0.15, -0.1) is 11.3 Å². The summed E-state index contributed by atoms with van der Waals surface area (Å²) >= 11 is 1.64. The Bertz CT molecular complexity index is 782. The van der Waals surface area contributed by atoms with Gasteiger partial charge in [-0.25, -0.2) is 4.98 Å². The zero-order valence-corrected chi connectivity index (χ0v) is 16.1. The number of amides is 1. The molecule has 0 bridgehead atoms. The maximum Gasteiger partial charge on any atom is 0.255 e. The van der Waals surface area contributed by atoms with Crippen molar-refractivity contribution < 1.29 is 9.53 Å². The van der Waals surface area contributed by atoms with E-state index in [9.17, 15) is 4.79 Å². The summed E-state index contributed by atoms with van der Waals surface area (Å²) in [4.78, 5) is 19.2. The second-order valence-corrected chi connectivity index (χ2v) is 8.31. The van der Waals surface area contributed by atoms with Gasteiger partial charge in [-0.05, 0) is 51.8 Å². The van der Waals surface area contributed by atoms with Crippen LogP contribution < -0.4 is 10.1 Å². The van der Waals surface area contributed by atoms with Crippen molar-refractivity contribution in [3.63, 3.8) is 0 Å². The first-order chi connectivity index (χ1) is 12.5. The normalized spacial score (nSPS) is 25.5. The van der Waals surface area contributed by atoms with Crippen molar-refractivity contribution in [2.75, 3.05) is 13.6 Å². The number of carbonyl (C=O) groups is 1. The monoisotopic (exact) mass is 371 g/mol. The van der Waals surface area contributed by atoms with Gasteiger partial charge in [0.05, 0.1) is 23.3 Å². The van der Waals surface area contributed by atoms with Crippen molar-refractivity contribution in [1.82, 2.24) is 15.2 Å². The summed E-state index contributed by atoms with van der Waals surface area (Å²) in [6, 6.07) is 6.40. The molecule has 2 aliphatic rings. The van der Waals surface area contributed by atoms with E-state index in [1.165, 1.54) is 0 Å². The van der Waals surface area contributed by atoms with E-state index in [0.717, 1.165) is 49.2 Å². The minimum absolute atomic E-state index is 0.0247. The Labute approximate surface area is 158 Å². The maximum atomic E-state index is 12.4. The fourth-order valence-electron chi connectivity index (χ4n) is 4.06. The van der Waals surface area contributed by atoms with Crippen LogP contribution in [0.15, 0.2) is 29.1 Å². The van der Waals surface area contributed by atoms with Crippen molar-refractivity contribution in [2.24, 2.45) is 0 Å². The minimum atomic E-state index is -0.284. The van der Waals surface area contributed by atoms with Crippen LogP contribution in [0.2, 0.25) is 0 Å². The first-order valence-electron chi connectivity index (χ1n) is 9.20. The summed E-state index contributed by atoms with van der Waals surface area (Å²) in [7, 11) is 2.18. The number of benzene rings is 1. The second kappa shape index (κ2) is 7.00. The Balaban J connectivity index is 1.44. The van der Waals surface area contributed by atoms with E-state index in [4.69, 9.17) is 4.74 Å². The highest BCUT2D eigenvalue weighted by Crippen LogP contribution is 2.37. The second-order valence-electron chi connectivity index (χ2n) is 7.59. The van der Waals surface area contributed by atoms with Gasteiger partial charge in [0.1, 0.15) is 11.4 Å². The first-order valence-corrected chi connectivity index (χ1v) is 10.1. The quantitative estimate of drug-likeness (QED) is 0.899. The molecule has 1 saturated carbocycles. The fourth-order valence-corrected chi connectivity index (χ4v) is 4.61.